The summed E-state index contributed by atoms with van der Waals surface area (Å²) in [4.78, 5) is 11.4. The molecule has 3 N–H and O–H groups in total. The molecule has 1 heterocycles. The average molecular weight is 376 g/mol. The van der Waals surface area contributed by atoms with Crippen molar-refractivity contribution in [2.24, 2.45) is 0 Å². The molecule has 1 fully saturated rings. The Balaban J connectivity index is 2.23. The average Bonchev–Trinajstić information content (AvgIpc) is 2.92. The van der Waals surface area contributed by atoms with Crippen molar-refractivity contribution in [1.82, 2.24) is 8.47 Å². The van der Waals surface area contributed by atoms with Gasteiger partial charge in [0.25, 0.3) is 0 Å². The fraction of sp³-hybridized carbons (Fsp3) is 0.364. The normalized spacial score (nSPS) is 15.7. The Morgan fingerprint density at radius 2 is 2.22 bits per heavy atom. The van der Waals surface area contributed by atoms with Crippen molar-refractivity contribution in [1.29, 1.82) is 0 Å². The van der Waals surface area contributed by atoms with Crippen LogP contribution in [0.1, 0.15) is 0 Å². The Morgan fingerprint density at radius 1 is 1.50 bits per heavy atom. The van der Waals surface area contributed by atoms with E-state index in [1.807, 2.05) is 18.2 Å². The van der Waals surface area contributed by atoms with Gasteiger partial charge in [0, 0.05) is 0 Å². The molecule has 0 spiro atoms. The molecule has 1 aromatic carbocycles. The van der Waals surface area contributed by atoms with Gasteiger partial charge in [-0.3, -0.25) is 0 Å². The first-order valence-electron chi connectivity index (χ1n) is 5.55. The molecule has 0 aliphatic carbocycles. The molecule has 1 aromatic rings. The topological polar surface area (TPSA) is 62.4 Å². The van der Waals surface area contributed by atoms with Crippen molar-refractivity contribution in [3.63, 3.8) is 0 Å². The van der Waals surface area contributed by atoms with E-state index in [-0.39, 0.29) is 11.2 Å². The fourth-order valence-electron chi connectivity index (χ4n) is 1.69. The fourth-order valence-corrected chi connectivity index (χ4v) is 5.25. The maximum atomic E-state index is 11.4. The zero-order valence-electron chi connectivity index (χ0n) is 10.00. The van der Waals surface area contributed by atoms with Gasteiger partial charge in [0.2, 0.25) is 0 Å². The molecular formula is C11H15AsBrN3O2. The van der Waals surface area contributed by atoms with Crippen LogP contribution in [0, 0.1) is 0 Å². The number of halogens is 1. The van der Waals surface area contributed by atoms with Crippen LogP contribution in [0.25, 0.3) is 0 Å². The van der Waals surface area contributed by atoms with E-state index >= 15 is 0 Å². The molecule has 98 valence electrons. The van der Waals surface area contributed by atoms with E-state index in [4.69, 9.17) is 4.74 Å². The van der Waals surface area contributed by atoms with Crippen LogP contribution in [0.2, 0.25) is 0 Å². The Hall–Kier alpha value is -0.552. The van der Waals surface area contributed by atoms with Crippen LogP contribution in [-0.2, 0) is 4.79 Å². The summed E-state index contributed by atoms with van der Waals surface area (Å²) in [5, 5.41) is 3.11. The molecule has 2 rings (SSSR count). The minimum atomic E-state index is -1.34. The standard InChI is InChI=1S/C11H15AsBrN3O2/c1-18-10-3-2-8(12-14-4-5-15-12)6-9(10)16-11(17)7-13/h2-3,6,14-15H,4-5,7H2,1H3,(H,16,17). The summed E-state index contributed by atoms with van der Waals surface area (Å²) in [6, 6.07) is 5.94. The first-order valence-corrected chi connectivity index (χ1v) is 9.49. The van der Waals surface area contributed by atoms with Crippen LogP contribution in [0.3, 0.4) is 0 Å². The molecule has 1 aliphatic rings. The van der Waals surface area contributed by atoms with E-state index < -0.39 is 15.1 Å². The third kappa shape index (κ3) is 3.26. The molecule has 0 saturated carbocycles. The number of alkyl halides is 1. The first kappa shape index (κ1) is 13.9. The van der Waals surface area contributed by atoms with Crippen LogP contribution in [0.4, 0.5) is 5.69 Å². The Morgan fingerprint density at radius 3 is 2.83 bits per heavy atom. The summed E-state index contributed by atoms with van der Waals surface area (Å²) in [7, 11) is 1.60. The second-order valence-corrected chi connectivity index (χ2v) is 8.10. The predicted molar refractivity (Wildman–Crippen MR) is 76.8 cm³/mol. The van der Waals surface area contributed by atoms with E-state index in [1.165, 1.54) is 4.35 Å². The number of rotatable bonds is 4. The van der Waals surface area contributed by atoms with Crippen molar-refractivity contribution < 1.29 is 9.53 Å². The van der Waals surface area contributed by atoms with E-state index in [0.29, 0.717) is 5.75 Å². The quantitative estimate of drug-likeness (QED) is 0.508. The van der Waals surface area contributed by atoms with Crippen molar-refractivity contribution in [3.8, 4) is 5.75 Å². The second kappa shape index (κ2) is 6.57. The van der Waals surface area contributed by atoms with Gasteiger partial charge in [-0.25, -0.2) is 0 Å². The van der Waals surface area contributed by atoms with Gasteiger partial charge in [-0.2, -0.15) is 0 Å². The van der Waals surface area contributed by atoms with Crippen LogP contribution in [0.5, 0.6) is 5.75 Å². The summed E-state index contributed by atoms with van der Waals surface area (Å²) in [5.74, 6) is 0.599. The Kier molecular flexibility index (Phi) is 5.06. The number of nitrogens with one attached hydrogen (secondary N) is 3. The third-order valence-electron chi connectivity index (χ3n) is 2.50. The molecule has 1 aliphatic heterocycles. The summed E-state index contributed by atoms with van der Waals surface area (Å²) in [6.07, 6.45) is 0. The molecule has 7 heteroatoms. The number of hydrogen-bond donors (Lipinski definition) is 3. The van der Waals surface area contributed by atoms with E-state index in [0.717, 1.165) is 18.8 Å². The van der Waals surface area contributed by atoms with Gasteiger partial charge in [0.05, 0.1) is 0 Å². The Labute approximate surface area is 120 Å². The van der Waals surface area contributed by atoms with Gasteiger partial charge in [-0.1, -0.05) is 0 Å². The van der Waals surface area contributed by atoms with Gasteiger partial charge in [-0.15, -0.1) is 0 Å². The molecule has 0 aromatic heterocycles. The van der Waals surface area contributed by atoms with Crippen LogP contribution >= 0.6 is 15.9 Å². The molecule has 18 heavy (non-hydrogen) atoms. The van der Waals surface area contributed by atoms with Gasteiger partial charge in [0.1, 0.15) is 0 Å². The number of carbonyl (C=O) groups excluding carboxylic acids is 1. The maximum absolute atomic E-state index is 11.4. The molecule has 0 radical (unpaired) electrons. The van der Waals surface area contributed by atoms with E-state index in [2.05, 4.69) is 29.7 Å². The molecule has 0 bridgehead atoms. The van der Waals surface area contributed by atoms with E-state index in [1.54, 1.807) is 7.11 Å². The Bertz CT molecular complexity index is 438. The predicted octanol–water partition coefficient (Wildman–Crippen LogP) is -0.0834. The van der Waals surface area contributed by atoms with Gasteiger partial charge < -0.3 is 0 Å². The van der Waals surface area contributed by atoms with Crippen molar-refractivity contribution >= 4 is 47.0 Å². The molecule has 5 nitrogen and oxygen atoms in total. The molecule has 0 atom stereocenters. The van der Waals surface area contributed by atoms with Gasteiger partial charge in [-0.05, 0) is 0 Å². The van der Waals surface area contributed by atoms with Gasteiger partial charge >= 0.3 is 120 Å². The number of amides is 1. The van der Waals surface area contributed by atoms with Crippen LogP contribution in [-0.4, -0.2) is 46.5 Å². The van der Waals surface area contributed by atoms with Gasteiger partial charge in [0.15, 0.2) is 0 Å². The molecule has 0 unspecified atom stereocenters. The number of ether oxygens (including phenoxy) is 1. The van der Waals surface area contributed by atoms with Crippen molar-refractivity contribution in [2.45, 2.75) is 0 Å². The third-order valence-corrected chi connectivity index (χ3v) is 6.94. The number of anilines is 1. The molecule has 1 amide bonds. The first-order chi connectivity index (χ1) is 8.74. The number of methoxy groups -OCH3 is 1. The molecular weight excluding hydrogens is 361 g/mol. The number of hydrogen-bond acceptors (Lipinski definition) is 4. The SMILES string of the molecule is COc1ccc([As]2NCCN2)cc1NC(=O)CBr. The molecule has 1 saturated heterocycles. The zero-order valence-corrected chi connectivity index (χ0v) is 13.5. The minimum absolute atomic E-state index is 0.0831. The monoisotopic (exact) mass is 375 g/mol. The van der Waals surface area contributed by atoms with Crippen LogP contribution in [0.15, 0.2) is 18.2 Å². The number of carbonyl (C=O) groups is 1. The zero-order chi connectivity index (χ0) is 13.0. The number of benzene rings is 1. The van der Waals surface area contributed by atoms with Crippen molar-refractivity contribution in [2.75, 3.05) is 30.8 Å². The summed E-state index contributed by atoms with van der Waals surface area (Å²) >= 11 is 1.79. The van der Waals surface area contributed by atoms with Crippen molar-refractivity contribution in [3.05, 3.63) is 18.2 Å². The summed E-state index contributed by atoms with van der Waals surface area (Å²) in [5.41, 5.74) is 0.726. The van der Waals surface area contributed by atoms with Crippen LogP contribution < -0.4 is 22.9 Å². The summed E-state index contributed by atoms with van der Waals surface area (Å²) in [6.45, 7) is 2.02. The second-order valence-electron chi connectivity index (χ2n) is 3.72. The summed E-state index contributed by atoms with van der Waals surface area (Å²) < 4.78 is 13.4. The van der Waals surface area contributed by atoms with E-state index in [9.17, 15) is 4.79 Å².